The number of carbonyl (C=O) groups excluding carboxylic acids is 1. The second-order valence-electron chi connectivity index (χ2n) is 8.26. The van der Waals surface area contributed by atoms with Gasteiger partial charge in [0.15, 0.2) is 11.5 Å². The molecule has 1 aromatic heterocycles. The first-order valence-corrected chi connectivity index (χ1v) is 11.6. The van der Waals surface area contributed by atoms with Gasteiger partial charge in [0.25, 0.3) is 11.9 Å². The second-order valence-corrected chi connectivity index (χ2v) is 8.67. The van der Waals surface area contributed by atoms with Crippen molar-refractivity contribution >= 4 is 29.3 Å². The number of amides is 1. The van der Waals surface area contributed by atoms with Gasteiger partial charge in [-0.05, 0) is 36.6 Å². The predicted octanol–water partition coefficient (Wildman–Crippen LogP) is 3.87. The van der Waals surface area contributed by atoms with Crippen molar-refractivity contribution in [2.75, 3.05) is 32.2 Å². The van der Waals surface area contributed by atoms with E-state index in [9.17, 15) is 4.79 Å². The zero-order chi connectivity index (χ0) is 23.8. The number of hydrogen-bond acceptors (Lipinski definition) is 6. The highest BCUT2D eigenvalue weighted by Gasteiger charge is 2.43. The molecule has 3 aromatic rings. The van der Waals surface area contributed by atoms with Crippen LogP contribution in [0.2, 0.25) is 5.02 Å². The van der Waals surface area contributed by atoms with Crippen molar-refractivity contribution in [3.8, 4) is 11.8 Å². The summed E-state index contributed by atoms with van der Waals surface area (Å²) >= 11 is 6.34. The molecule has 3 heterocycles. The number of fused-ring (bicyclic) bond motifs is 3. The van der Waals surface area contributed by atoms with E-state index in [4.69, 9.17) is 31.1 Å². The van der Waals surface area contributed by atoms with E-state index in [2.05, 4.69) is 12.1 Å². The van der Waals surface area contributed by atoms with Gasteiger partial charge in [-0.1, -0.05) is 48.0 Å². The third-order valence-electron chi connectivity index (χ3n) is 6.16. The summed E-state index contributed by atoms with van der Waals surface area (Å²) in [6, 6.07) is 16.2. The summed E-state index contributed by atoms with van der Waals surface area (Å²) in [7, 11) is 3.14. The van der Waals surface area contributed by atoms with E-state index in [-0.39, 0.29) is 11.9 Å². The van der Waals surface area contributed by atoms with Gasteiger partial charge in [0, 0.05) is 6.54 Å². The fourth-order valence-electron chi connectivity index (χ4n) is 4.58. The van der Waals surface area contributed by atoms with Crippen molar-refractivity contribution in [1.29, 1.82) is 0 Å². The fraction of sp³-hybridized carbons (Fsp3) is 0.320. The molecule has 0 bridgehead atoms. The number of halogens is 1. The summed E-state index contributed by atoms with van der Waals surface area (Å²) in [5, 5.41) is 0.507. The maximum absolute atomic E-state index is 13.6. The van der Waals surface area contributed by atoms with Crippen molar-refractivity contribution in [2.45, 2.75) is 25.9 Å². The Morgan fingerprint density at radius 1 is 1.09 bits per heavy atom. The Balaban J connectivity index is 1.51. The number of imidazole rings is 1. The first-order chi connectivity index (χ1) is 16.5. The van der Waals surface area contributed by atoms with Gasteiger partial charge in [0.05, 0.1) is 38.4 Å². The predicted molar refractivity (Wildman–Crippen MR) is 131 cm³/mol. The second kappa shape index (κ2) is 9.02. The number of ether oxygens (including phenoxy) is 2. The van der Waals surface area contributed by atoms with Crippen LogP contribution in [0.3, 0.4) is 0 Å². The Morgan fingerprint density at radius 3 is 2.56 bits per heavy atom. The quantitative estimate of drug-likeness (QED) is 0.514. The summed E-state index contributed by atoms with van der Waals surface area (Å²) in [6.45, 7) is 3.49. The molecule has 0 N–H and O–H groups in total. The van der Waals surface area contributed by atoms with Crippen molar-refractivity contribution < 1.29 is 14.3 Å². The Bertz CT molecular complexity index is 1260. The van der Waals surface area contributed by atoms with Gasteiger partial charge in [-0.2, -0.15) is 4.98 Å². The molecule has 1 amide bonds. The van der Waals surface area contributed by atoms with Crippen molar-refractivity contribution in [2.24, 2.45) is 4.99 Å². The lowest BCUT2D eigenvalue weighted by Crippen LogP contribution is -2.50. The molecule has 9 heteroatoms. The number of nitrogens with zero attached hydrogens (tertiary/aromatic N) is 5. The molecule has 34 heavy (non-hydrogen) atoms. The van der Waals surface area contributed by atoms with E-state index in [0.29, 0.717) is 53.9 Å². The maximum atomic E-state index is 13.6. The van der Waals surface area contributed by atoms with Crippen LogP contribution in [0.25, 0.3) is 0 Å². The van der Waals surface area contributed by atoms with E-state index >= 15 is 0 Å². The lowest BCUT2D eigenvalue weighted by atomic mass is 10.1. The van der Waals surface area contributed by atoms with Crippen LogP contribution in [-0.4, -0.2) is 59.7 Å². The summed E-state index contributed by atoms with van der Waals surface area (Å²) < 4.78 is 12.7. The number of guanidine groups is 1. The molecule has 0 radical (unpaired) electrons. The van der Waals surface area contributed by atoms with Crippen LogP contribution in [0.15, 0.2) is 53.5 Å². The molecular formula is C25H26ClN5O3. The Morgan fingerprint density at radius 2 is 1.88 bits per heavy atom. The van der Waals surface area contributed by atoms with E-state index in [1.807, 2.05) is 48.2 Å². The Hall–Kier alpha value is -3.52. The van der Waals surface area contributed by atoms with Gasteiger partial charge >= 0.3 is 0 Å². The van der Waals surface area contributed by atoms with Crippen LogP contribution in [0.4, 0.5) is 5.82 Å². The third kappa shape index (κ3) is 3.77. The van der Waals surface area contributed by atoms with Gasteiger partial charge in [0.1, 0.15) is 5.75 Å². The molecule has 0 unspecified atom stereocenters. The minimum atomic E-state index is -0.136. The highest BCUT2D eigenvalue weighted by molar-refractivity contribution is 6.32. The molecule has 176 valence electrons. The van der Waals surface area contributed by atoms with Crippen LogP contribution in [0, 0.1) is 0 Å². The molecule has 2 aromatic carbocycles. The van der Waals surface area contributed by atoms with E-state index in [1.54, 1.807) is 23.7 Å². The monoisotopic (exact) mass is 479 g/mol. The summed E-state index contributed by atoms with van der Waals surface area (Å²) in [4.78, 5) is 27.0. The fourth-order valence-corrected chi connectivity index (χ4v) is 4.86. The van der Waals surface area contributed by atoms with Crippen molar-refractivity contribution in [3.05, 3.63) is 70.4 Å². The van der Waals surface area contributed by atoms with Gasteiger partial charge in [-0.15, -0.1) is 0 Å². The van der Waals surface area contributed by atoms with Gasteiger partial charge in [-0.25, -0.2) is 4.99 Å². The van der Waals surface area contributed by atoms with Crippen LogP contribution in [0.1, 0.15) is 28.5 Å². The Kier molecular flexibility index (Phi) is 5.91. The molecule has 0 saturated carbocycles. The highest BCUT2D eigenvalue weighted by atomic mass is 35.5. The van der Waals surface area contributed by atoms with Gasteiger partial charge < -0.3 is 9.47 Å². The van der Waals surface area contributed by atoms with Crippen LogP contribution < -0.4 is 14.4 Å². The summed E-state index contributed by atoms with van der Waals surface area (Å²) in [5.41, 5.74) is 2.61. The van der Waals surface area contributed by atoms with Gasteiger partial charge in [0.2, 0.25) is 5.96 Å². The molecule has 0 spiro atoms. The molecule has 2 aliphatic heterocycles. The molecule has 0 aliphatic carbocycles. The minimum Gasteiger partial charge on any atom is -0.495 e. The molecule has 0 fully saturated rings. The summed E-state index contributed by atoms with van der Waals surface area (Å²) in [5.74, 6) is 1.70. The minimum absolute atomic E-state index is 0.0294. The normalized spacial score (nSPS) is 16.9. The zero-order valence-electron chi connectivity index (χ0n) is 19.4. The smallest absolute Gasteiger partial charge is 0.299 e. The van der Waals surface area contributed by atoms with Crippen molar-refractivity contribution in [3.63, 3.8) is 0 Å². The SMILES string of the molecule is CCN1C(=O)c2c(nc(OC)n2Cc2ccc(OC)c(Cl)c2)N2C[C@@H](Cc3ccccc3)N=C12. The van der Waals surface area contributed by atoms with Gasteiger partial charge in [-0.3, -0.25) is 19.2 Å². The lowest BCUT2D eigenvalue weighted by Gasteiger charge is -2.32. The number of methoxy groups -OCH3 is 2. The van der Waals surface area contributed by atoms with Crippen LogP contribution in [0.5, 0.6) is 11.8 Å². The number of carbonyl (C=O) groups is 1. The van der Waals surface area contributed by atoms with E-state index in [1.165, 1.54) is 5.56 Å². The number of benzene rings is 2. The van der Waals surface area contributed by atoms with Crippen LogP contribution >= 0.6 is 11.6 Å². The molecule has 1 atom stereocenters. The molecule has 0 saturated heterocycles. The first kappa shape index (κ1) is 22.3. The summed E-state index contributed by atoms with van der Waals surface area (Å²) in [6.07, 6.45) is 0.796. The highest BCUT2D eigenvalue weighted by Crippen LogP contribution is 2.36. The average molecular weight is 480 g/mol. The largest absolute Gasteiger partial charge is 0.495 e. The molecule has 5 rings (SSSR count). The maximum Gasteiger partial charge on any atom is 0.299 e. The topological polar surface area (TPSA) is 72.2 Å². The Labute approximate surface area is 203 Å². The standard InChI is InChI=1S/C25H26ClN5O3/c1-4-29-23(32)21-22(31-15-18(27-24(29)31)12-16-8-6-5-7-9-16)28-25(34-3)30(21)14-17-10-11-20(33-2)19(26)13-17/h5-11,13,18H,4,12,14-15H2,1-3H3/t18-/m1/s1. The van der Waals surface area contributed by atoms with E-state index in [0.717, 1.165) is 12.0 Å². The number of hydrogen-bond donors (Lipinski definition) is 0. The molecule has 8 nitrogen and oxygen atoms in total. The van der Waals surface area contributed by atoms with Crippen LogP contribution in [-0.2, 0) is 13.0 Å². The lowest BCUT2D eigenvalue weighted by molar-refractivity contribution is 0.0835. The molecular weight excluding hydrogens is 454 g/mol. The number of aromatic nitrogens is 2. The number of rotatable bonds is 7. The van der Waals surface area contributed by atoms with Crippen molar-refractivity contribution in [1.82, 2.24) is 14.5 Å². The first-order valence-electron chi connectivity index (χ1n) is 11.2. The zero-order valence-corrected chi connectivity index (χ0v) is 20.1. The number of aliphatic imine (C=N–C) groups is 1. The number of anilines is 1. The average Bonchev–Trinajstić information content (AvgIpc) is 3.42. The third-order valence-corrected chi connectivity index (χ3v) is 6.46. The van der Waals surface area contributed by atoms with E-state index < -0.39 is 0 Å². The molecule has 2 aliphatic rings.